The number of aromatic nitrogens is 2. The van der Waals surface area contributed by atoms with Gasteiger partial charge in [0, 0.05) is 32.4 Å². The Bertz CT molecular complexity index is 792. The van der Waals surface area contributed by atoms with E-state index < -0.39 is 0 Å². The van der Waals surface area contributed by atoms with Crippen LogP contribution in [0.5, 0.6) is 0 Å². The lowest BCUT2D eigenvalue weighted by molar-refractivity contribution is 0.102. The molecule has 0 unspecified atom stereocenters. The molecule has 0 radical (unpaired) electrons. The van der Waals surface area contributed by atoms with E-state index in [4.69, 9.17) is 5.26 Å². The van der Waals surface area contributed by atoms with E-state index in [0.717, 1.165) is 32.7 Å². The molecule has 1 aliphatic rings. The smallest absolute Gasteiger partial charge is 0.274 e. The molecule has 0 saturated carbocycles. The van der Waals surface area contributed by atoms with Crippen molar-refractivity contribution in [3.63, 3.8) is 0 Å². The number of piperazine rings is 1. The number of carbonyl (C=O) groups is 1. The van der Waals surface area contributed by atoms with Crippen molar-refractivity contribution in [3.8, 4) is 6.07 Å². The summed E-state index contributed by atoms with van der Waals surface area (Å²) in [6.45, 7) is 6.80. The standard InChI is InChI=1S/C18H20N6O/c1-2-23-9-11-24(12-10-23)18-20-8-7-16(22-18)17(25)21-15-6-4-3-5-14(15)13-19/h3-8H,2,9-12H2,1H3,(H,21,25). The molecule has 128 valence electrons. The lowest BCUT2D eigenvalue weighted by Gasteiger charge is -2.34. The number of carbonyl (C=O) groups excluding carboxylic acids is 1. The van der Waals surface area contributed by atoms with Crippen LogP contribution < -0.4 is 10.2 Å². The van der Waals surface area contributed by atoms with Crippen LogP contribution in [0.25, 0.3) is 0 Å². The number of hydrogen-bond acceptors (Lipinski definition) is 6. The third-order valence-electron chi connectivity index (χ3n) is 4.27. The molecule has 0 bridgehead atoms. The number of hydrogen-bond donors (Lipinski definition) is 1. The highest BCUT2D eigenvalue weighted by Gasteiger charge is 2.19. The first-order chi connectivity index (χ1) is 12.2. The molecule has 2 heterocycles. The Morgan fingerprint density at radius 2 is 2.00 bits per heavy atom. The topological polar surface area (TPSA) is 85.1 Å². The Kier molecular flexibility index (Phi) is 5.21. The second-order valence-corrected chi connectivity index (χ2v) is 5.77. The molecule has 1 amide bonds. The molecule has 25 heavy (non-hydrogen) atoms. The van der Waals surface area contributed by atoms with Gasteiger partial charge in [-0.1, -0.05) is 19.1 Å². The van der Waals surface area contributed by atoms with Crippen molar-refractivity contribution < 1.29 is 4.79 Å². The van der Waals surface area contributed by atoms with Gasteiger partial charge in [-0.3, -0.25) is 4.79 Å². The zero-order valence-corrected chi connectivity index (χ0v) is 14.1. The van der Waals surface area contributed by atoms with Crippen molar-refractivity contribution in [2.45, 2.75) is 6.92 Å². The largest absolute Gasteiger partial charge is 0.338 e. The molecule has 1 aliphatic heterocycles. The minimum Gasteiger partial charge on any atom is -0.338 e. The molecule has 0 spiro atoms. The van der Waals surface area contributed by atoms with Gasteiger partial charge in [-0.15, -0.1) is 0 Å². The highest BCUT2D eigenvalue weighted by Crippen LogP contribution is 2.16. The summed E-state index contributed by atoms with van der Waals surface area (Å²) in [7, 11) is 0. The molecule has 1 fully saturated rings. The molecule has 1 N–H and O–H groups in total. The molecule has 1 aromatic heterocycles. The first-order valence-corrected chi connectivity index (χ1v) is 8.32. The summed E-state index contributed by atoms with van der Waals surface area (Å²) in [5.74, 6) is 0.218. The maximum Gasteiger partial charge on any atom is 0.274 e. The lowest BCUT2D eigenvalue weighted by atomic mass is 10.2. The second kappa shape index (κ2) is 7.73. The Morgan fingerprint density at radius 1 is 1.24 bits per heavy atom. The van der Waals surface area contributed by atoms with Gasteiger partial charge in [0.15, 0.2) is 0 Å². The molecule has 0 aliphatic carbocycles. The summed E-state index contributed by atoms with van der Waals surface area (Å²) in [5.41, 5.74) is 1.18. The number of amides is 1. The molecule has 2 aromatic rings. The van der Waals surface area contributed by atoms with Crippen molar-refractivity contribution in [2.24, 2.45) is 0 Å². The van der Waals surface area contributed by atoms with Crippen molar-refractivity contribution in [3.05, 3.63) is 47.8 Å². The molecule has 0 atom stereocenters. The second-order valence-electron chi connectivity index (χ2n) is 5.77. The quantitative estimate of drug-likeness (QED) is 0.915. The van der Waals surface area contributed by atoms with Crippen LogP contribution in [-0.4, -0.2) is 53.5 Å². The van der Waals surface area contributed by atoms with Crippen LogP contribution in [0.4, 0.5) is 11.6 Å². The van der Waals surface area contributed by atoms with Crippen LogP contribution in [0.2, 0.25) is 0 Å². The maximum atomic E-state index is 12.5. The number of nitriles is 1. The van der Waals surface area contributed by atoms with Gasteiger partial charge in [0.25, 0.3) is 5.91 Å². The Hall–Kier alpha value is -2.98. The molecule has 1 aromatic carbocycles. The zero-order chi connectivity index (χ0) is 17.6. The molecular formula is C18H20N6O. The van der Waals surface area contributed by atoms with Gasteiger partial charge in [0.1, 0.15) is 11.8 Å². The third-order valence-corrected chi connectivity index (χ3v) is 4.27. The monoisotopic (exact) mass is 336 g/mol. The van der Waals surface area contributed by atoms with Crippen LogP contribution in [0.1, 0.15) is 23.0 Å². The van der Waals surface area contributed by atoms with Crippen molar-refractivity contribution in [1.82, 2.24) is 14.9 Å². The summed E-state index contributed by atoms with van der Waals surface area (Å²) in [6, 6.07) is 10.5. The number of benzene rings is 1. The van der Waals surface area contributed by atoms with E-state index in [0.29, 0.717) is 17.2 Å². The number of para-hydroxylation sites is 1. The van der Waals surface area contributed by atoms with Gasteiger partial charge in [-0.25, -0.2) is 9.97 Å². The molecule has 3 rings (SSSR count). The van der Waals surface area contributed by atoms with E-state index in [9.17, 15) is 4.79 Å². The predicted octanol–water partition coefficient (Wildman–Crippen LogP) is 1.74. The van der Waals surface area contributed by atoms with Crippen LogP contribution in [0.3, 0.4) is 0 Å². The van der Waals surface area contributed by atoms with Crippen LogP contribution >= 0.6 is 0 Å². The van der Waals surface area contributed by atoms with Crippen LogP contribution in [0.15, 0.2) is 36.5 Å². The van der Waals surface area contributed by atoms with Gasteiger partial charge in [0.2, 0.25) is 5.95 Å². The van der Waals surface area contributed by atoms with Crippen molar-refractivity contribution in [2.75, 3.05) is 42.9 Å². The Morgan fingerprint density at radius 3 is 2.72 bits per heavy atom. The fraction of sp³-hybridized carbons (Fsp3) is 0.333. The fourth-order valence-electron chi connectivity index (χ4n) is 2.77. The molecule has 1 saturated heterocycles. The van der Waals surface area contributed by atoms with E-state index >= 15 is 0 Å². The van der Waals surface area contributed by atoms with E-state index in [2.05, 4.69) is 38.1 Å². The average Bonchev–Trinajstić information content (AvgIpc) is 2.68. The van der Waals surface area contributed by atoms with Gasteiger partial charge in [-0.2, -0.15) is 5.26 Å². The van der Waals surface area contributed by atoms with Crippen LogP contribution in [0, 0.1) is 11.3 Å². The number of anilines is 2. The van der Waals surface area contributed by atoms with Crippen LogP contribution in [-0.2, 0) is 0 Å². The first kappa shape index (κ1) is 16.9. The zero-order valence-electron chi connectivity index (χ0n) is 14.1. The van der Waals surface area contributed by atoms with E-state index in [-0.39, 0.29) is 11.6 Å². The summed E-state index contributed by atoms with van der Waals surface area (Å²) in [5, 5.41) is 11.9. The average molecular weight is 336 g/mol. The van der Waals surface area contributed by atoms with Gasteiger partial charge in [-0.05, 0) is 24.7 Å². The number of rotatable bonds is 4. The van der Waals surface area contributed by atoms with Gasteiger partial charge < -0.3 is 15.1 Å². The summed E-state index contributed by atoms with van der Waals surface area (Å²) in [4.78, 5) is 25.6. The molecule has 7 nitrogen and oxygen atoms in total. The minimum absolute atomic E-state index is 0.288. The summed E-state index contributed by atoms with van der Waals surface area (Å²) in [6.07, 6.45) is 1.60. The summed E-state index contributed by atoms with van der Waals surface area (Å²) < 4.78 is 0. The van der Waals surface area contributed by atoms with Gasteiger partial charge >= 0.3 is 0 Å². The molecular weight excluding hydrogens is 316 g/mol. The van der Waals surface area contributed by atoms with Crippen molar-refractivity contribution in [1.29, 1.82) is 5.26 Å². The van der Waals surface area contributed by atoms with E-state index in [1.54, 1.807) is 36.5 Å². The highest BCUT2D eigenvalue weighted by molar-refractivity contribution is 6.03. The Labute approximate surface area is 146 Å². The third kappa shape index (κ3) is 3.92. The van der Waals surface area contributed by atoms with Crippen molar-refractivity contribution >= 4 is 17.5 Å². The number of nitrogens with zero attached hydrogens (tertiary/aromatic N) is 5. The fourth-order valence-corrected chi connectivity index (χ4v) is 2.77. The lowest BCUT2D eigenvalue weighted by Crippen LogP contribution is -2.46. The molecule has 7 heteroatoms. The SMILES string of the molecule is CCN1CCN(c2nccc(C(=O)Nc3ccccc3C#N)n2)CC1. The minimum atomic E-state index is -0.349. The van der Waals surface area contributed by atoms with Gasteiger partial charge in [0.05, 0.1) is 11.3 Å². The van der Waals surface area contributed by atoms with E-state index in [1.807, 2.05) is 0 Å². The maximum absolute atomic E-state index is 12.5. The first-order valence-electron chi connectivity index (χ1n) is 8.32. The Balaban J connectivity index is 1.73. The normalized spacial score (nSPS) is 14.8. The highest BCUT2D eigenvalue weighted by atomic mass is 16.1. The number of nitrogens with one attached hydrogen (secondary N) is 1. The predicted molar refractivity (Wildman–Crippen MR) is 95.5 cm³/mol. The number of likely N-dealkylation sites (N-methyl/N-ethyl adjacent to an activating group) is 1. The van der Waals surface area contributed by atoms with E-state index in [1.165, 1.54) is 0 Å². The summed E-state index contributed by atoms with van der Waals surface area (Å²) >= 11 is 0.